The number of carbonyl (C=O) groups excluding carboxylic acids is 1. The van der Waals surface area contributed by atoms with Gasteiger partial charge in [-0.25, -0.2) is 0 Å². The van der Waals surface area contributed by atoms with Gasteiger partial charge in [0.1, 0.15) is 18.1 Å². The fourth-order valence-electron chi connectivity index (χ4n) is 1.98. The molecule has 0 aliphatic rings. The predicted molar refractivity (Wildman–Crippen MR) is 70.5 cm³/mol. The third-order valence-electron chi connectivity index (χ3n) is 2.91. The van der Waals surface area contributed by atoms with E-state index in [1.807, 2.05) is 37.4 Å². The van der Waals surface area contributed by atoms with E-state index in [0.717, 1.165) is 5.56 Å². The highest BCUT2D eigenvalue weighted by Gasteiger charge is 2.26. The van der Waals surface area contributed by atoms with Crippen LogP contribution in [0.25, 0.3) is 0 Å². The maximum Gasteiger partial charge on any atom is 0.317 e. The molecule has 2 rings (SSSR count). The zero-order valence-corrected chi connectivity index (χ0v) is 11.1. The number of aromatic nitrogens is 3. The fourth-order valence-corrected chi connectivity index (χ4v) is 1.98. The summed E-state index contributed by atoms with van der Waals surface area (Å²) >= 11 is 0. The molecule has 5 nitrogen and oxygen atoms in total. The van der Waals surface area contributed by atoms with E-state index in [9.17, 15) is 4.79 Å². The Bertz CT molecular complexity index is 537. The zero-order chi connectivity index (χ0) is 13.7. The number of hydrogen-bond donors (Lipinski definition) is 0. The molecule has 0 aliphatic carbocycles. The third-order valence-corrected chi connectivity index (χ3v) is 2.91. The summed E-state index contributed by atoms with van der Waals surface area (Å²) in [4.78, 5) is 12.1. The molecule has 1 aromatic carbocycles. The molecule has 0 fully saturated rings. The number of aryl methyl sites for hydroxylation is 1. The van der Waals surface area contributed by atoms with Gasteiger partial charge in [-0.2, -0.15) is 0 Å². The summed E-state index contributed by atoms with van der Waals surface area (Å²) in [5.74, 6) is -0.0559. The van der Waals surface area contributed by atoms with Crippen LogP contribution in [0.5, 0.6) is 0 Å². The molecule has 0 bridgehead atoms. The first-order chi connectivity index (χ1) is 9.22. The second-order valence-electron chi connectivity index (χ2n) is 4.29. The number of esters is 1. The van der Waals surface area contributed by atoms with Crippen LogP contribution in [0.1, 0.15) is 24.2 Å². The Kier molecular flexibility index (Phi) is 4.28. The van der Waals surface area contributed by atoms with Crippen LogP contribution in [0.3, 0.4) is 0 Å². The molecule has 0 saturated heterocycles. The first-order valence-corrected chi connectivity index (χ1v) is 6.26. The number of carbonyl (C=O) groups is 1. The van der Waals surface area contributed by atoms with Crippen LogP contribution in [-0.2, 0) is 23.0 Å². The molecular weight excluding hydrogens is 242 g/mol. The van der Waals surface area contributed by atoms with Crippen LogP contribution in [0.15, 0.2) is 36.7 Å². The fraction of sp³-hybridized carbons (Fsp3) is 0.357. The van der Waals surface area contributed by atoms with Crippen LogP contribution in [0.2, 0.25) is 0 Å². The lowest BCUT2D eigenvalue weighted by Crippen LogP contribution is -2.21. The van der Waals surface area contributed by atoms with E-state index in [-0.39, 0.29) is 5.97 Å². The van der Waals surface area contributed by atoms with Crippen molar-refractivity contribution in [2.45, 2.75) is 19.3 Å². The topological polar surface area (TPSA) is 57.0 Å². The lowest BCUT2D eigenvalue weighted by atomic mass is 9.98. The van der Waals surface area contributed by atoms with Gasteiger partial charge in [0.15, 0.2) is 0 Å². The number of hydrogen-bond acceptors (Lipinski definition) is 4. The van der Waals surface area contributed by atoms with Gasteiger partial charge in [-0.05, 0) is 18.9 Å². The second-order valence-corrected chi connectivity index (χ2v) is 4.29. The van der Waals surface area contributed by atoms with Gasteiger partial charge in [0.25, 0.3) is 0 Å². The first-order valence-electron chi connectivity index (χ1n) is 6.26. The van der Waals surface area contributed by atoms with Crippen LogP contribution in [0, 0.1) is 0 Å². The third kappa shape index (κ3) is 3.19. The van der Waals surface area contributed by atoms with Crippen LogP contribution < -0.4 is 0 Å². The zero-order valence-electron chi connectivity index (χ0n) is 11.1. The predicted octanol–water partition coefficient (Wildman–Crippen LogP) is 1.70. The molecule has 0 spiro atoms. The van der Waals surface area contributed by atoms with Gasteiger partial charge in [0, 0.05) is 7.05 Å². The maximum atomic E-state index is 12.1. The molecule has 0 saturated carbocycles. The van der Waals surface area contributed by atoms with Gasteiger partial charge >= 0.3 is 5.97 Å². The average Bonchev–Trinajstić information content (AvgIpc) is 2.83. The van der Waals surface area contributed by atoms with Gasteiger partial charge in [-0.3, -0.25) is 4.79 Å². The first kappa shape index (κ1) is 13.3. The molecule has 1 atom stereocenters. The molecule has 0 aliphatic heterocycles. The molecule has 0 radical (unpaired) electrons. The molecule has 0 amide bonds. The Morgan fingerprint density at radius 1 is 1.37 bits per heavy atom. The van der Waals surface area contributed by atoms with Gasteiger partial charge < -0.3 is 9.30 Å². The standard InChI is InChI=1S/C14H17N3O2/c1-3-19-14(18)12(13-16-15-10-17(13)2)9-11-7-5-4-6-8-11/h4-8,10,12H,3,9H2,1-2H3. The molecule has 1 unspecified atom stereocenters. The summed E-state index contributed by atoms with van der Waals surface area (Å²) < 4.78 is 6.89. The molecular formula is C14H17N3O2. The number of nitrogens with zero attached hydrogens (tertiary/aromatic N) is 3. The number of benzene rings is 1. The van der Waals surface area contributed by atoms with E-state index < -0.39 is 5.92 Å². The van der Waals surface area contributed by atoms with Gasteiger partial charge in [0.05, 0.1) is 6.61 Å². The highest BCUT2D eigenvalue weighted by atomic mass is 16.5. The minimum Gasteiger partial charge on any atom is -0.465 e. The van der Waals surface area contributed by atoms with Crippen molar-refractivity contribution in [3.63, 3.8) is 0 Å². The van der Waals surface area contributed by atoms with Crippen molar-refractivity contribution < 1.29 is 9.53 Å². The Labute approximate surface area is 112 Å². The molecule has 5 heteroatoms. The van der Waals surface area contributed by atoms with Gasteiger partial charge in [0.2, 0.25) is 0 Å². The van der Waals surface area contributed by atoms with E-state index in [1.54, 1.807) is 17.8 Å². The SMILES string of the molecule is CCOC(=O)C(Cc1ccccc1)c1nncn1C. The maximum absolute atomic E-state index is 12.1. The molecule has 100 valence electrons. The smallest absolute Gasteiger partial charge is 0.317 e. The van der Waals surface area contributed by atoms with E-state index in [2.05, 4.69) is 10.2 Å². The van der Waals surface area contributed by atoms with Crippen molar-refractivity contribution in [2.24, 2.45) is 7.05 Å². The van der Waals surface area contributed by atoms with E-state index >= 15 is 0 Å². The minimum absolute atomic E-state index is 0.262. The quantitative estimate of drug-likeness (QED) is 0.767. The van der Waals surface area contributed by atoms with Crippen molar-refractivity contribution >= 4 is 5.97 Å². The van der Waals surface area contributed by atoms with Gasteiger partial charge in [-0.15, -0.1) is 10.2 Å². The van der Waals surface area contributed by atoms with E-state index in [4.69, 9.17) is 4.74 Å². The molecule has 1 heterocycles. The molecule has 1 aromatic heterocycles. The van der Waals surface area contributed by atoms with Crippen molar-refractivity contribution in [3.05, 3.63) is 48.0 Å². The summed E-state index contributed by atoms with van der Waals surface area (Å²) in [6, 6.07) is 9.83. The van der Waals surface area contributed by atoms with E-state index in [1.165, 1.54) is 0 Å². The Morgan fingerprint density at radius 2 is 2.11 bits per heavy atom. The van der Waals surface area contributed by atoms with Crippen molar-refractivity contribution in [1.82, 2.24) is 14.8 Å². The number of ether oxygens (including phenoxy) is 1. The van der Waals surface area contributed by atoms with Crippen LogP contribution >= 0.6 is 0 Å². The monoisotopic (exact) mass is 259 g/mol. The largest absolute Gasteiger partial charge is 0.465 e. The van der Waals surface area contributed by atoms with E-state index in [0.29, 0.717) is 18.9 Å². The van der Waals surface area contributed by atoms with Crippen molar-refractivity contribution in [3.8, 4) is 0 Å². The van der Waals surface area contributed by atoms with Crippen LogP contribution in [-0.4, -0.2) is 27.3 Å². The second kappa shape index (κ2) is 6.13. The summed E-state index contributed by atoms with van der Waals surface area (Å²) in [7, 11) is 1.83. The highest BCUT2D eigenvalue weighted by Crippen LogP contribution is 2.20. The number of rotatable bonds is 5. The minimum atomic E-state index is -0.421. The molecule has 2 aromatic rings. The lowest BCUT2D eigenvalue weighted by molar-refractivity contribution is -0.145. The summed E-state index contributed by atoms with van der Waals surface area (Å²) in [5, 5.41) is 7.86. The Hall–Kier alpha value is -2.17. The van der Waals surface area contributed by atoms with Crippen LogP contribution in [0.4, 0.5) is 0 Å². The van der Waals surface area contributed by atoms with Gasteiger partial charge in [-0.1, -0.05) is 30.3 Å². The van der Waals surface area contributed by atoms with Crippen molar-refractivity contribution in [2.75, 3.05) is 6.61 Å². The lowest BCUT2D eigenvalue weighted by Gasteiger charge is -2.14. The Balaban J connectivity index is 2.25. The van der Waals surface area contributed by atoms with Crippen molar-refractivity contribution in [1.29, 1.82) is 0 Å². The highest BCUT2D eigenvalue weighted by molar-refractivity contribution is 5.77. The summed E-state index contributed by atoms with van der Waals surface area (Å²) in [6.07, 6.45) is 2.15. The molecule has 19 heavy (non-hydrogen) atoms. The normalized spacial score (nSPS) is 12.1. The summed E-state index contributed by atoms with van der Waals surface area (Å²) in [5.41, 5.74) is 1.07. The molecule has 0 N–H and O–H groups in total. The summed E-state index contributed by atoms with van der Waals surface area (Å²) in [6.45, 7) is 2.16. The average molecular weight is 259 g/mol. The Morgan fingerprint density at radius 3 is 2.68 bits per heavy atom.